The summed E-state index contributed by atoms with van der Waals surface area (Å²) in [6.45, 7) is 12.6. The van der Waals surface area contributed by atoms with E-state index in [0.717, 1.165) is 32.1 Å². The van der Waals surface area contributed by atoms with Crippen LogP contribution in [0.2, 0.25) is 0 Å². The Morgan fingerprint density at radius 1 is 0.833 bits per heavy atom. The molecule has 0 aromatic heterocycles. The zero-order valence-corrected chi connectivity index (χ0v) is 23.2. The molecule has 0 saturated heterocycles. The smallest absolute Gasteiger partial charge is 0.0866 e. The van der Waals surface area contributed by atoms with Crippen LogP contribution in [0.5, 0.6) is 0 Å². The molecule has 0 unspecified atom stereocenters. The Kier molecular flexibility index (Phi) is 6.03. The van der Waals surface area contributed by atoms with Crippen molar-refractivity contribution < 1.29 is 30.6 Å². The average molecular weight is 507 g/mol. The maximum atomic E-state index is 12.0. The summed E-state index contributed by atoms with van der Waals surface area (Å²) in [5.41, 5.74) is -1.75. The third-order valence-electron chi connectivity index (χ3n) is 13.3. The third-order valence-corrected chi connectivity index (χ3v) is 13.3. The molecule has 0 aromatic carbocycles. The van der Waals surface area contributed by atoms with E-state index >= 15 is 0 Å². The van der Waals surface area contributed by atoms with Gasteiger partial charge in [0.05, 0.1) is 37.6 Å². The highest BCUT2D eigenvalue weighted by atomic mass is 16.3. The van der Waals surface area contributed by atoms with Crippen LogP contribution < -0.4 is 0 Å². The van der Waals surface area contributed by atoms with Crippen molar-refractivity contribution >= 4 is 0 Å². The molecule has 5 aliphatic carbocycles. The fraction of sp³-hybridized carbons (Fsp3) is 0.933. The molecule has 0 aromatic rings. The number of allylic oxidation sites excluding steroid dienone is 2. The molecule has 6 heteroatoms. The van der Waals surface area contributed by atoms with Gasteiger partial charge in [-0.05, 0) is 73.0 Å². The predicted molar refractivity (Wildman–Crippen MR) is 138 cm³/mol. The van der Waals surface area contributed by atoms with Crippen LogP contribution in [-0.2, 0) is 0 Å². The van der Waals surface area contributed by atoms with Crippen LogP contribution in [0.15, 0.2) is 11.6 Å². The van der Waals surface area contributed by atoms with E-state index in [1.54, 1.807) is 0 Å². The zero-order valence-electron chi connectivity index (χ0n) is 23.2. The largest absolute Gasteiger partial charge is 0.396 e. The molecule has 206 valence electrons. The van der Waals surface area contributed by atoms with Gasteiger partial charge in [-0.2, -0.15) is 0 Å². The Morgan fingerprint density at radius 3 is 2.11 bits per heavy atom. The van der Waals surface area contributed by atoms with E-state index in [0.29, 0.717) is 12.8 Å². The lowest BCUT2D eigenvalue weighted by Crippen LogP contribution is -2.75. The second-order valence-corrected chi connectivity index (χ2v) is 15.2. The van der Waals surface area contributed by atoms with Crippen LogP contribution in [-0.4, -0.2) is 68.3 Å². The van der Waals surface area contributed by atoms with E-state index in [-0.39, 0.29) is 30.5 Å². The Labute approximate surface area is 216 Å². The highest BCUT2D eigenvalue weighted by Gasteiger charge is 2.74. The van der Waals surface area contributed by atoms with Gasteiger partial charge in [0.2, 0.25) is 0 Å². The average Bonchev–Trinajstić information content (AvgIpc) is 2.81. The van der Waals surface area contributed by atoms with Gasteiger partial charge < -0.3 is 30.6 Å². The summed E-state index contributed by atoms with van der Waals surface area (Å²) in [5.74, 6) is -0.390. The number of hydrogen-bond donors (Lipinski definition) is 6. The van der Waals surface area contributed by atoms with Gasteiger partial charge in [-0.15, -0.1) is 0 Å². The van der Waals surface area contributed by atoms with Crippen molar-refractivity contribution in [1.82, 2.24) is 0 Å². The van der Waals surface area contributed by atoms with Gasteiger partial charge >= 0.3 is 0 Å². The minimum Gasteiger partial charge on any atom is -0.396 e. The zero-order chi connectivity index (χ0) is 26.7. The predicted octanol–water partition coefficient (Wildman–Crippen LogP) is 3.03. The molecule has 5 aliphatic rings. The Bertz CT molecular complexity index is 932. The summed E-state index contributed by atoms with van der Waals surface area (Å²) in [6, 6.07) is 0. The molecule has 36 heavy (non-hydrogen) atoms. The summed E-state index contributed by atoms with van der Waals surface area (Å²) in [4.78, 5) is 0. The quantitative estimate of drug-likeness (QED) is 0.320. The summed E-state index contributed by atoms with van der Waals surface area (Å²) >= 11 is 0. The van der Waals surface area contributed by atoms with Crippen molar-refractivity contribution in [2.24, 2.45) is 50.2 Å². The lowest BCUT2D eigenvalue weighted by atomic mass is 9.32. The number of aliphatic hydroxyl groups is 6. The van der Waals surface area contributed by atoms with E-state index < -0.39 is 57.4 Å². The van der Waals surface area contributed by atoms with Gasteiger partial charge in [0.25, 0.3) is 0 Å². The topological polar surface area (TPSA) is 121 Å². The first-order valence-corrected chi connectivity index (χ1v) is 14.2. The molecule has 0 spiro atoms. The maximum absolute atomic E-state index is 12.0. The summed E-state index contributed by atoms with van der Waals surface area (Å²) in [5, 5.41) is 67.6. The second-order valence-electron chi connectivity index (χ2n) is 15.2. The monoisotopic (exact) mass is 506 g/mol. The van der Waals surface area contributed by atoms with Crippen LogP contribution >= 0.6 is 0 Å². The molecule has 0 radical (unpaired) electrons. The molecule has 4 fully saturated rings. The van der Waals surface area contributed by atoms with Crippen molar-refractivity contribution in [2.45, 2.75) is 111 Å². The first-order valence-electron chi connectivity index (χ1n) is 14.2. The van der Waals surface area contributed by atoms with Crippen LogP contribution in [0, 0.1) is 50.2 Å². The van der Waals surface area contributed by atoms with Crippen molar-refractivity contribution in [3.05, 3.63) is 11.6 Å². The Hall–Kier alpha value is -0.500. The first kappa shape index (κ1) is 27.1. The van der Waals surface area contributed by atoms with Gasteiger partial charge in [0.1, 0.15) is 0 Å². The molecule has 0 amide bonds. The molecular formula is C30H50O6. The molecule has 6 nitrogen and oxygen atoms in total. The number of aliphatic hydroxyl groups excluding tert-OH is 6. The summed E-state index contributed by atoms with van der Waals surface area (Å²) in [6.07, 6.45) is 3.91. The van der Waals surface area contributed by atoms with E-state index in [1.165, 1.54) is 5.57 Å². The molecule has 0 aliphatic heterocycles. The first-order chi connectivity index (χ1) is 16.6. The SMILES string of the molecule is CC1(C)CC[C@]2(CO)[C@@H](O)C[C@]3(C)C(=CC[C@@H]4[C@@]5(C)CC[C@H](O)[C@@](C)(CO)[C@@H]5[C@H](O)[C@H](O)[C@]43C)[C@@H]2C1. The summed E-state index contributed by atoms with van der Waals surface area (Å²) in [7, 11) is 0. The highest BCUT2D eigenvalue weighted by molar-refractivity contribution is 5.36. The Morgan fingerprint density at radius 2 is 1.50 bits per heavy atom. The van der Waals surface area contributed by atoms with E-state index in [4.69, 9.17) is 0 Å². The lowest BCUT2D eigenvalue weighted by molar-refractivity contribution is -0.298. The maximum Gasteiger partial charge on any atom is 0.0866 e. The summed E-state index contributed by atoms with van der Waals surface area (Å²) < 4.78 is 0. The molecular weight excluding hydrogens is 456 g/mol. The molecule has 4 saturated carbocycles. The third kappa shape index (κ3) is 3.01. The lowest BCUT2D eigenvalue weighted by Gasteiger charge is -2.73. The van der Waals surface area contributed by atoms with Gasteiger partial charge in [-0.1, -0.05) is 53.2 Å². The normalized spacial score (nSPS) is 58.1. The van der Waals surface area contributed by atoms with Gasteiger partial charge in [-0.25, -0.2) is 0 Å². The van der Waals surface area contributed by atoms with Crippen LogP contribution in [0.3, 0.4) is 0 Å². The van der Waals surface area contributed by atoms with Crippen molar-refractivity contribution in [3.63, 3.8) is 0 Å². The minimum atomic E-state index is -1.09. The van der Waals surface area contributed by atoms with Gasteiger partial charge in [0.15, 0.2) is 0 Å². The van der Waals surface area contributed by atoms with E-state index in [9.17, 15) is 30.6 Å². The number of fused-ring (bicyclic) bond motifs is 7. The van der Waals surface area contributed by atoms with Crippen molar-refractivity contribution in [1.29, 1.82) is 0 Å². The van der Waals surface area contributed by atoms with Crippen LogP contribution in [0.1, 0.15) is 86.5 Å². The fourth-order valence-corrected chi connectivity index (χ4v) is 10.9. The molecule has 12 atom stereocenters. The van der Waals surface area contributed by atoms with Crippen LogP contribution in [0.4, 0.5) is 0 Å². The molecule has 6 N–H and O–H groups in total. The standard InChI is InChI=1S/C30H50O6/c1-25(2)11-12-30(16-32)18(13-25)17-7-8-19-26(3)10-9-20(33)27(4,15-31)23(26)22(35)24(36)29(19,6)28(17,5)14-21(30)34/h7,18-24,31-36H,8-16H2,1-6H3/t18-,19+,20-,21-,22-,23+,24-,26+,27+,28+,29-,30+/m0/s1. The van der Waals surface area contributed by atoms with Crippen LogP contribution in [0.25, 0.3) is 0 Å². The van der Waals surface area contributed by atoms with E-state index in [2.05, 4.69) is 40.7 Å². The fourth-order valence-electron chi connectivity index (χ4n) is 10.9. The van der Waals surface area contributed by atoms with Crippen molar-refractivity contribution in [2.75, 3.05) is 13.2 Å². The highest BCUT2D eigenvalue weighted by Crippen LogP contribution is 2.75. The minimum absolute atomic E-state index is 0.0194. The van der Waals surface area contributed by atoms with Gasteiger partial charge in [-0.3, -0.25) is 0 Å². The van der Waals surface area contributed by atoms with Crippen molar-refractivity contribution in [3.8, 4) is 0 Å². The molecule has 5 rings (SSSR count). The molecule has 0 heterocycles. The number of hydrogen-bond acceptors (Lipinski definition) is 6. The molecule has 0 bridgehead atoms. The Balaban J connectivity index is 1.68. The van der Waals surface area contributed by atoms with Gasteiger partial charge in [0, 0.05) is 22.2 Å². The van der Waals surface area contributed by atoms with E-state index in [1.807, 2.05) is 6.92 Å². The number of rotatable bonds is 2. The second kappa shape index (κ2) is 8.02.